The Hall–Kier alpha value is -1.58. The van der Waals surface area contributed by atoms with Gasteiger partial charge in [-0.15, -0.1) is 0 Å². The van der Waals surface area contributed by atoms with E-state index in [1.54, 1.807) is 6.20 Å². The molecule has 0 bridgehead atoms. The minimum absolute atomic E-state index is 0.103. The van der Waals surface area contributed by atoms with Crippen molar-refractivity contribution in [2.75, 3.05) is 11.9 Å². The first-order valence-electron chi connectivity index (χ1n) is 4.65. The summed E-state index contributed by atoms with van der Waals surface area (Å²) in [5.41, 5.74) is 1.12. The van der Waals surface area contributed by atoms with Gasteiger partial charge in [0.25, 0.3) is 0 Å². The van der Waals surface area contributed by atoms with E-state index in [2.05, 4.69) is 10.3 Å². The van der Waals surface area contributed by atoms with Crippen LogP contribution in [0.2, 0.25) is 0 Å². The maximum Gasteiger partial charge on any atom is 0.222 e. The number of nitrogens with zero attached hydrogens (tertiary/aromatic N) is 1. The third-order valence-corrected chi connectivity index (χ3v) is 2.10. The molecule has 0 atom stereocenters. The van der Waals surface area contributed by atoms with Crippen molar-refractivity contribution in [2.24, 2.45) is 0 Å². The number of aryl methyl sites for hydroxylation is 1. The third-order valence-electron chi connectivity index (χ3n) is 2.10. The van der Waals surface area contributed by atoms with E-state index in [0.29, 0.717) is 5.82 Å². The minimum atomic E-state index is -0.103. The number of fused-ring (bicyclic) bond motifs is 1. The van der Waals surface area contributed by atoms with Crippen LogP contribution in [0.3, 0.4) is 0 Å². The van der Waals surface area contributed by atoms with Crippen LogP contribution in [0, 0.1) is 0 Å². The molecule has 1 N–H and O–H groups in total. The maximum atomic E-state index is 10.8. The summed E-state index contributed by atoms with van der Waals surface area (Å²) in [5, 5.41) is 2.65. The molecule has 2 rings (SSSR count). The predicted molar refractivity (Wildman–Crippen MR) is 52.4 cm³/mol. The topological polar surface area (TPSA) is 51.2 Å². The van der Waals surface area contributed by atoms with Crippen molar-refractivity contribution in [3.8, 4) is 5.75 Å². The van der Waals surface area contributed by atoms with Crippen molar-refractivity contribution in [1.29, 1.82) is 0 Å². The predicted octanol–water partition coefficient (Wildman–Crippen LogP) is 1.36. The van der Waals surface area contributed by atoms with Gasteiger partial charge in [-0.1, -0.05) is 0 Å². The number of pyridine rings is 1. The summed E-state index contributed by atoms with van der Waals surface area (Å²) < 4.78 is 5.41. The van der Waals surface area contributed by atoms with Crippen LogP contribution in [0.5, 0.6) is 5.75 Å². The molecule has 1 aromatic rings. The quantitative estimate of drug-likeness (QED) is 0.731. The summed E-state index contributed by atoms with van der Waals surface area (Å²) in [6.45, 7) is 2.23. The van der Waals surface area contributed by atoms with Gasteiger partial charge >= 0.3 is 0 Å². The first kappa shape index (κ1) is 8.99. The van der Waals surface area contributed by atoms with Gasteiger partial charge in [0, 0.05) is 6.92 Å². The number of carbonyl (C=O) groups excluding carboxylic acids is 1. The van der Waals surface area contributed by atoms with Crippen LogP contribution in [0.25, 0.3) is 0 Å². The fourth-order valence-corrected chi connectivity index (χ4v) is 1.50. The molecule has 4 nitrogen and oxygen atoms in total. The fraction of sp³-hybridized carbons (Fsp3) is 0.400. The van der Waals surface area contributed by atoms with Crippen LogP contribution in [-0.4, -0.2) is 17.5 Å². The molecule has 0 saturated heterocycles. The van der Waals surface area contributed by atoms with Gasteiger partial charge in [-0.05, 0) is 24.5 Å². The SMILES string of the molecule is CC(=O)Nc1cc2c(cn1)OCCC2. The molecular formula is C10H12N2O2. The molecule has 1 aliphatic heterocycles. The standard InChI is InChI=1S/C10H12N2O2/c1-7(13)12-10-5-8-3-2-4-14-9(8)6-11-10/h5-6H,2-4H2,1H3,(H,11,12,13). The van der Waals surface area contributed by atoms with Gasteiger partial charge in [-0.2, -0.15) is 0 Å². The van der Waals surface area contributed by atoms with Gasteiger partial charge < -0.3 is 10.1 Å². The molecule has 4 heteroatoms. The number of carbonyl (C=O) groups is 1. The summed E-state index contributed by atoms with van der Waals surface area (Å²) in [6.07, 6.45) is 3.68. The van der Waals surface area contributed by atoms with E-state index in [9.17, 15) is 4.79 Å². The molecule has 0 spiro atoms. The number of rotatable bonds is 1. The summed E-state index contributed by atoms with van der Waals surface area (Å²) in [7, 11) is 0. The molecule has 0 unspecified atom stereocenters. The normalized spacial score (nSPS) is 14.1. The van der Waals surface area contributed by atoms with E-state index in [4.69, 9.17) is 4.74 Å². The van der Waals surface area contributed by atoms with Crippen molar-refractivity contribution in [1.82, 2.24) is 4.98 Å². The van der Waals surface area contributed by atoms with Crippen LogP contribution < -0.4 is 10.1 Å². The Morgan fingerprint density at radius 3 is 3.29 bits per heavy atom. The van der Waals surface area contributed by atoms with Crippen molar-refractivity contribution >= 4 is 11.7 Å². The van der Waals surface area contributed by atoms with Gasteiger partial charge in [0.2, 0.25) is 5.91 Å². The molecular weight excluding hydrogens is 180 g/mol. The first-order chi connectivity index (χ1) is 6.75. The second-order valence-corrected chi connectivity index (χ2v) is 3.31. The summed E-state index contributed by atoms with van der Waals surface area (Å²) in [5.74, 6) is 1.33. The Morgan fingerprint density at radius 2 is 2.50 bits per heavy atom. The van der Waals surface area contributed by atoms with Crippen LogP contribution in [-0.2, 0) is 11.2 Å². The Balaban J connectivity index is 2.24. The van der Waals surface area contributed by atoms with E-state index in [-0.39, 0.29) is 5.91 Å². The Kier molecular flexibility index (Phi) is 2.35. The number of hydrogen-bond acceptors (Lipinski definition) is 3. The van der Waals surface area contributed by atoms with Crippen molar-refractivity contribution in [3.05, 3.63) is 17.8 Å². The van der Waals surface area contributed by atoms with E-state index in [1.807, 2.05) is 6.07 Å². The molecule has 0 fully saturated rings. The summed E-state index contributed by atoms with van der Waals surface area (Å²) in [6, 6.07) is 1.87. The smallest absolute Gasteiger partial charge is 0.222 e. The zero-order chi connectivity index (χ0) is 9.97. The van der Waals surface area contributed by atoms with Crippen molar-refractivity contribution < 1.29 is 9.53 Å². The molecule has 2 heterocycles. The van der Waals surface area contributed by atoms with E-state index in [0.717, 1.165) is 30.8 Å². The zero-order valence-corrected chi connectivity index (χ0v) is 8.04. The number of nitrogens with one attached hydrogen (secondary N) is 1. The highest BCUT2D eigenvalue weighted by atomic mass is 16.5. The number of hydrogen-bond donors (Lipinski definition) is 1. The van der Waals surface area contributed by atoms with E-state index < -0.39 is 0 Å². The van der Waals surface area contributed by atoms with Gasteiger partial charge in [0.15, 0.2) is 0 Å². The maximum absolute atomic E-state index is 10.8. The van der Waals surface area contributed by atoms with Gasteiger partial charge in [-0.25, -0.2) is 4.98 Å². The van der Waals surface area contributed by atoms with Crippen molar-refractivity contribution in [2.45, 2.75) is 19.8 Å². The van der Waals surface area contributed by atoms with Crippen molar-refractivity contribution in [3.63, 3.8) is 0 Å². The Morgan fingerprint density at radius 1 is 1.64 bits per heavy atom. The molecule has 0 radical (unpaired) electrons. The lowest BCUT2D eigenvalue weighted by Crippen LogP contribution is -2.12. The van der Waals surface area contributed by atoms with E-state index >= 15 is 0 Å². The molecule has 1 aliphatic rings. The summed E-state index contributed by atoms with van der Waals surface area (Å²) in [4.78, 5) is 14.9. The molecule has 0 saturated carbocycles. The molecule has 14 heavy (non-hydrogen) atoms. The summed E-state index contributed by atoms with van der Waals surface area (Å²) >= 11 is 0. The zero-order valence-electron chi connectivity index (χ0n) is 8.04. The number of ether oxygens (including phenoxy) is 1. The lowest BCUT2D eigenvalue weighted by atomic mass is 10.1. The van der Waals surface area contributed by atoms with E-state index in [1.165, 1.54) is 6.92 Å². The van der Waals surface area contributed by atoms with Gasteiger partial charge in [0.05, 0.1) is 12.8 Å². The van der Waals surface area contributed by atoms with Crippen LogP contribution in [0.15, 0.2) is 12.3 Å². The highest BCUT2D eigenvalue weighted by Gasteiger charge is 2.11. The van der Waals surface area contributed by atoms with Crippen LogP contribution in [0.4, 0.5) is 5.82 Å². The second kappa shape index (κ2) is 3.65. The Labute approximate surface area is 82.3 Å². The average Bonchev–Trinajstić information content (AvgIpc) is 2.17. The monoisotopic (exact) mass is 192 g/mol. The molecule has 0 aliphatic carbocycles. The molecule has 74 valence electrons. The van der Waals surface area contributed by atoms with Gasteiger partial charge in [0.1, 0.15) is 11.6 Å². The molecule has 1 amide bonds. The van der Waals surface area contributed by atoms with Crippen LogP contribution in [0.1, 0.15) is 18.9 Å². The number of aromatic nitrogens is 1. The lowest BCUT2D eigenvalue weighted by Gasteiger charge is -2.17. The molecule has 1 aromatic heterocycles. The lowest BCUT2D eigenvalue weighted by molar-refractivity contribution is -0.114. The third kappa shape index (κ3) is 1.84. The second-order valence-electron chi connectivity index (χ2n) is 3.31. The van der Waals surface area contributed by atoms with Crippen LogP contribution >= 0.6 is 0 Å². The fourth-order valence-electron chi connectivity index (χ4n) is 1.50. The highest BCUT2D eigenvalue weighted by molar-refractivity contribution is 5.87. The minimum Gasteiger partial charge on any atom is -0.492 e. The largest absolute Gasteiger partial charge is 0.492 e. The highest BCUT2D eigenvalue weighted by Crippen LogP contribution is 2.25. The molecule has 0 aromatic carbocycles. The number of anilines is 1. The first-order valence-corrected chi connectivity index (χ1v) is 4.65. The number of amides is 1. The Bertz CT molecular complexity index is 363. The van der Waals surface area contributed by atoms with Gasteiger partial charge in [-0.3, -0.25) is 4.79 Å². The average molecular weight is 192 g/mol.